The third-order valence-corrected chi connectivity index (χ3v) is 10.3. The molecule has 0 bridgehead atoms. The van der Waals surface area contributed by atoms with Crippen molar-refractivity contribution in [2.24, 2.45) is 11.5 Å². The summed E-state index contributed by atoms with van der Waals surface area (Å²) in [6, 6.07) is -8.08. The van der Waals surface area contributed by atoms with Crippen molar-refractivity contribution in [3.63, 3.8) is 0 Å². The molecule has 3 heterocycles. The minimum absolute atomic E-state index is 0.0911. The molecule has 23 nitrogen and oxygen atoms in total. The topological polar surface area (TPSA) is 388 Å². The molecule has 14 atom stereocenters. The van der Waals surface area contributed by atoms with E-state index in [9.17, 15) is 74.4 Å². The van der Waals surface area contributed by atoms with Crippen LogP contribution in [0, 0.1) is 6.92 Å². The van der Waals surface area contributed by atoms with Crippen molar-refractivity contribution in [3.05, 3.63) is 36.8 Å². The van der Waals surface area contributed by atoms with E-state index in [1.165, 1.54) is 12.1 Å². The van der Waals surface area contributed by atoms with Gasteiger partial charge in [0.05, 0.1) is 43.8 Å². The molecule has 23 heteroatoms. The van der Waals surface area contributed by atoms with Crippen LogP contribution in [0.4, 0.5) is 0 Å². The first kappa shape index (κ1) is 45.6. The minimum Gasteiger partial charge on any atom is -0.508 e. The molecule has 0 radical (unpaired) electrons. The molecule has 0 saturated carbocycles. The van der Waals surface area contributed by atoms with Gasteiger partial charge in [-0.2, -0.15) is 0 Å². The van der Waals surface area contributed by atoms with Gasteiger partial charge in [-0.3, -0.25) is 33.6 Å². The van der Waals surface area contributed by atoms with E-state index in [0.29, 0.717) is 0 Å². The van der Waals surface area contributed by atoms with Gasteiger partial charge in [0.1, 0.15) is 54.3 Å². The molecule has 3 fully saturated rings. The molecule has 3 aliphatic rings. The maximum atomic E-state index is 14.2. The van der Waals surface area contributed by atoms with Crippen molar-refractivity contribution >= 4 is 41.4 Å². The van der Waals surface area contributed by atoms with E-state index in [2.05, 4.69) is 28.2 Å². The maximum Gasteiger partial charge on any atom is 0.248 e. The van der Waals surface area contributed by atoms with Crippen LogP contribution in [-0.4, -0.2) is 184 Å². The van der Waals surface area contributed by atoms with Crippen LogP contribution >= 0.6 is 0 Å². The predicted octanol–water partition coefficient (Wildman–Crippen LogP) is -7.81. The molecule has 0 aliphatic carbocycles. The number of primary amides is 1. The molecule has 0 aromatic heterocycles. The second kappa shape index (κ2) is 19.1. The summed E-state index contributed by atoms with van der Waals surface area (Å²) in [5.74, 6) is -8.63. The molecule has 320 valence electrons. The Balaban J connectivity index is 1.83. The molecule has 0 spiro atoms. The van der Waals surface area contributed by atoms with E-state index in [0.717, 1.165) is 28.9 Å². The van der Waals surface area contributed by atoms with Crippen molar-refractivity contribution in [1.82, 2.24) is 31.1 Å². The van der Waals surface area contributed by atoms with Gasteiger partial charge < -0.3 is 83.4 Å². The molecular formula is C35H51N8O15+. The van der Waals surface area contributed by atoms with Crippen LogP contribution in [0.1, 0.15) is 44.3 Å². The smallest absolute Gasteiger partial charge is 0.248 e. The van der Waals surface area contributed by atoms with Crippen molar-refractivity contribution in [3.8, 4) is 5.75 Å². The van der Waals surface area contributed by atoms with E-state index in [1.54, 1.807) is 0 Å². The van der Waals surface area contributed by atoms with Crippen molar-refractivity contribution in [1.29, 1.82) is 0 Å². The number of carbonyl (C=O) groups excluding carboxylic acids is 7. The second-order valence-corrected chi connectivity index (χ2v) is 14.7. The molecule has 16 N–H and O–H groups in total. The zero-order valence-electron chi connectivity index (χ0n) is 31.3. The molecule has 3 aliphatic heterocycles. The molecule has 14 unspecified atom stereocenters. The lowest BCUT2D eigenvalue weighted by Gasteiger charge is -2.34. The quantitative estimate of drug-likeness (QED) is 0.114. The van der Waals surface area contributed by atoms with Gasteiger partial charge in [0, 0.05) is 25.9 Å². The normalized spacial score (nSPS) is 33.0. The summed E-state index contributed by atoms with van der Waals surface area (Å²) in [7, 11) is 0. The van der Waals surface area contributed by atoms with Crippen LogP contribution < -0.4 is 32.7 Å². The van der Waals surface area contributed by atoms with Crippen LogP contribution in [0.2, 0.25) is 0 Å². The number of fused-ring (bicyclic) bond motifs is 2. The Labute approximate surface area is 331 Å². The molecule has 3 saturated heterocycles. The highest BCUT2D eigenvalue weighted by atomic mass is 16.3. The van der Waals surface area contributed by atoms with Crippen LogP contribution in [-0.2, 0) is 33.6 Å². The number of nitrogens with zero attached hydrogens (tertiary/aromatic N) is 2. The van der Waals surface area contributed by atoms with Crippen molar-refractivity contribution < 1.29 is 74.4 Å². The Morgan fingerprint density at radius 2 is 1.40 bits per heavy atom. The largest absolute Gasteiger partial charge is 0.508 e. The van der Waals surface area contributed by atoms with Gasteiger partial charge in [0.2, 0.25) is 41.4 Å². The second-order valence-electron chi connectivity index (χ2n) is 14.7. The predicted molar refractivity (Wildman–Crippen MR) is 195 cm³/mol. The fourth-order valence-electron chi connectivity index (χ4n) is 7.04. The summed E-state index contributed by atoms with van der Waals surface area (Å²) >= 11 is 0. The first-order chi connectivity index (χ1) is 27.1. The summed E-state index contributed by atoms with van der Waals surface area (Å²) in [4.78, 5) is 96.2. The Hall–Kier alpha value is -5.14. The zero-order chi connectivity index (χ0) is 43.3. The number of hydrogen-bond donors (Lipinski definition) is 14. The summed E-state index contributed by atoms with van der Waals surface area (Å²) in [6.07, 6.45) is -14.9. The highest BCUT2D eigenvalue weighted by molar-refractivity contribution is 5.98. The van der Waals surface area contributed by atoms with Gasteiger partial charge in [-0.25, -0.2) is 0 Å². The Morgan fingerprint density at radius 3 is 2.00 bits per heavy atom. The van der Waals surface area contributed by atoms with Gasteiger partial charge in [-0.15, -0.1) is 0 Å². The molecular weight excluding hydrogens is 772 g/mol. The number of benzene rings is 1. The minimum atomic E-state index is -2.31. The van der Waals surface area contributed by atoms with E-state index in [-0.39, 0.29) is 24.3 Å². The van der Waals surface area contributed by atoms with Crippen molar-refractivity contribution in [2.45, 2.75) is 118 Å². The highest BCUT2D eigenvalue weighted by Crippen LogP contribution is 2.26. The van der Waals surface area contributed by atoms with Gasteiger partial charge in [-0.1, -0.05) is 12.1 Å². The fourth-order valence-corrected chi connectivity index (χ4v) is 7.04. The average molecular weight is 824 g/mol. The SMILES string of the molecule is [CH2+]C1NC(=O)C2C(O)CCN2C(=O)C(C(O)CC(N)=O)NC(=O)C(C(O)C(O)c2ccc(O)cc2)NC(=O)C2CC(O)CN2C(=O)C(C(C)O)NC(=O)C(N)CC1O. The van der Waals surface area contributed by atoms with Crippen LogP contribution in [0.15, 0.2) is 24.3 Å². The van der Waals surface area contributed by atoms with Gasteiger partial charge >= 0.3 is 0 Å². The molecule has 1 aromatic carbocycles. The average Bonchev–Trinajstić information content (AvgIpc) is 3.75. The monoisotopic (exact) mass is 823 g/mol. The van der Waals surface area contributed by atoms with E-state index in [4.69, 9.17) is 11.5 Å². The molecule has 58 heavy (non-hydrogen) atoms. The summed E-state index contributed by atoms with van der Waals surface area (Å²) < 4.78 is 0. The third-order valence-electron chi connectivity index (χ3n) is 10.3. The number of amides is 7. The number of carbonyl (C=O) groups is 7. The molecule has 1 aromatic rings. The standard InChI is InChI=1S/C35H50N8O15/c1-13-21(48)10-18(36)30(53)39-24(14(2)44)34(57)43-12-17(46)9-19(43)31(54)41-26(29(52)28(51)15-3-5-16(45)6-4-15)32(55)40-25(22(49)11-23(37)50)35(58)42-8-7-20(47)27(42)33(56)38-13/h3-6,13-14,17-22,24-29,44,46-49,51-52H,1,7-12,36H2,2H3,(H6-,37,38,39,40,41,45,50,53,54,55,56)/p+1. The van der Waals surface area contributed by atoms with E-state index >= 15 is 0 Å². The maximum absolute atomic E-state index is 14.2. The number of nitrogens with two attached hydrogens (primary N) is 2. The molecule has 7 amide bonds. The number of hydrogen-bond acceptors (Lipinski definition) is 16. The van der Waals surface area contributed by atoms with Crippen LogP contribution in [0.5, 0.6) is 5.75 Å². The zero-order valence-corrected chi connectivity index (χ0v) is 31.3. The highest BCUT2D eigenvalue weighted by Gasteiger charge is 2.49. The number of rotatable bonds is 7. The number of phenols is 1. The summed E-state index contributed by atoms with van der Waals surface area (Å²) in [5, 5.41) is 95.0. The molecule has 4 rings (SSSR count). The Kier molecular flexibility index (Phi) is 15.0. The van der Waals surface area contributed by atoms with Crippen LogP contribution in [0.25, 0.3) is 0 Å². The Morgan fingerprint density at radius 1 is 0.810 bits per heavy atom. The lowest BCUT2D eigenvalue weighted by Crippen LogP contribution is -2.64. The summed E-state index contributed by atoms with van der Waals surface area (Å²) in [6.45, 7) is 3.88. The number of aromatic hydroxyl groups is 1. The number of phenolic OH excluding ortho intramolecular Hbond substituents is 1. The van der Waals surface area contributed by atoms with Gasteiger partial charge in [0.25, 0.3) is 0 Å². The first-order valence-corrected chi connectivity index (χ1v) is 18.4. The lowest BCUT2D eigenvalue weighted by atomic mass is 9.96. The number of aliphatic hydroxyl groups excluding tert-OH is 7. The number of aliphatic hydroxyl groups is 7. The van der Waals surface area contributed by atoms with Gasteiger partial charge in [0.15, 0.2) is 6.04 Å². The summed E-state index contributed by atoms with van der Waals surface area (Å²) in [5.41, 5.74) is 11.2. The van der Waals surface area contributed by atoms with E-state index in [1.807, 2.05) is 0 Å². The third kappa shape index (κ3) is 10.5. The first-order valence-electron chi connectivity index (χ1n) is 18.4. The van der Waals surface area contributed by atoms with Crippen LogP contribution in [0.3, 0.4) is 0 Å². The Bertz CT molecular complexity index is 1700. The van der Waals surface area contributed by atoms with Crippen molar-refractivity contribution in [2.75, 3.05) is 13.1 Å². The van der Waals surface area contributed by atoms with E-state index < -0.39 is 152 Å². The fraction of sp³-hybridized carbons (Fsp3) is 0.600. The number of nitrogens with one attached hydrogen (secondary N) is 4. The van der Waals surface area contributed by atoms with Gasteiger partial charge in [-0.05, 0) is 31.0 Å². The lowest BCUT2D eigenvalue weighted by molar-refractivity contribution is -0.148.